The molecule has 0 saturated carbocycles. The van der Waals surface area contributed by atoms with Gasteiger partial charge in [0.1, 0.15) is 0 Å². The molecule has 0 bridgehead atoms. The summed E-state index contributed by atoms with van der Waals surface area (Å²) in [6.07, 6.45) is 3.64. The van der Waals surface area contributed by atoms with Crippen molar-refractivity contribution in [1.82, 2.24) is 0 Å². The lowest BCUT2D eigenvalue weighted by atomic mass is 9.73. The van der Waals surface area contributed by atoms with E-state index in [0.717, 1.165) is 23.4 Å². The van der Waals surface area contributed by atoms with Crippen LogP contribution in [0.3, 0.4) is 0 Å². The molecular formula is C21H20F3N. The third kappa shape index (κ3) is 3.63. The number of rotatable bonds is 3. The van der Waals surface area contributed by atoms with Crippen molar-refractivity contribution in [2.24, 2.45) is 0 Å². The van der Waals surface area contributed by atoms with Crippen molar-refractivity contribution in [3.8, 4) is 0 Å². The smallest absolute Gasteiger partial charge is 0.378 e. The van der Waals surface area contributed by atoms with Crippen LogP contribution in [0.25, 0.3) is 0 Å². The zero-order chi connectivity index (χ0) is 18.1. The third-order valence-electron chi connectivity index (χ3n) is 4.71. The predicted octanol–water partition coefficient (Wildman–Crippen LogP) is 5.88. The van der Waals surface area contributed by atoms with Crippen LogP contribution in [0, 0.1) is 6.92 Å². The highest BCUT2D eigenvalue weighted by Gasteiger charge is 2.35. The Morgan fingerprint density at radius 2 is 1.56 bits per heavy atom. The van der Waals surface area contributed by atoms with Crippen molar-refractivity contribution < 1.29 is 13.2 Å². The van der Waals surface area contributed by atoms with Gasteiger partial charge in [0.2, 0.25) is 0 Å². The maximum Gasteiger partial charge on any atom is 0.416 e. The number of allylic oxidation sites excluding steroid dienone is 2. The van der Waals surface area contributed by atoms with Crippen LogP contribution in [0.4, 0.5) is 18.9 Å². The van der Waals surface area contributed by atoms with Gasteiger partial charge in [-0.25, -0.2) is 0 Å². The molecule has 0 radical (unpaired) electrons. The first-order valence-electron chi connectivity index (χ1n) is 8.16. The Kier molecular flexibility index (Phi) is 4.46. The second-order valence-electron chi connectivity index (χ2n) is 6.59. The van der Waals surface area contributed by atoms with Gasteiger partial charge < -0.3 is 5.32 Å². The van der Waals surface area contributed by atoms with Crippen molar-refractivity contribution in [3.05, 3.63) is 89.5 Å². The summed E-state index contributed by atoms with van der Waals surface area (Å²) in [6, 6.07) is 13.4. The second-order valence-corrected chi connectivity index (χ2v) is 6.59. The Morgan fingerprint density at radius 1 is 0.920 bits per heavy atom. The number of alkyl halides is 3. The number of nitrogens with one attached hydrogen (secondary N) is 1. The van der Waals surface area contributed by atoms with Crippen LogP contribution < -0.4 is 5.32 Å². The molecule has 1 N–H and O–H groups in total. The molecule has 0 saturated heterocycles. The van der Waals surface area contributed by atoms with Crippen molar-refractivity contribution in [2.45, 2.75) is 31.5 Å². The van der Waals surface area contributed by atoms with E-state index in [1.54, 1.807) is 12.1 Å². The summed E-state index contributed by atoms with van der Waals surface area (Å²) in [5.74, 6) is 0. The van der Waals surface area contributed by atoms with Crippen LogP contribution in [0.15, 0.2) is 72.8 Å². The van der Waals surface area contributed by atoms with Gasteiger partial charge in [0.15, 0.2) is 0 Å². The van der Waals surface area contributed by atoms with Crippen molar-refractivity contribution in [1.29, 1.82) is 0 Å². The zero-order valence-electron chi connectivity index (χ0n) is 14.1. The Morgan fingerprint density at radius 3 is 2.16 bits per heavy atom. The van der Waals surface area contributed by atoms with Gasteiger partial charge in [0.25, 0.3) is 0 Å². The van der Waals surface area contributed by atoms with Gasteiger partial charge in [-0.1, -0.05) is 54.1 Å². The van der Waals surface area contributed by atoms with Gasteiger partial charge in [0.05, 0.1) is 11.6 Å². The molecule has 1 nitrogen and oxygen atoms in total. The average Bonchev–Trinajstić information content (AvgIpc) is 2.58. The molecule has 130 valence electrons. The van der Waals surface area contributed by atoms with E-state index in [2.05, 4.69) is 5.32 Å². The number of halogens is 3. The van der Waals surface area contributed by atoms with E-state index in [1.807, 2.05) is 62.4 Å². The highest BCUT2D eigenvalue weighted by atomic mass is 19.4. The second kappa shape index (κ2) is 6.43. The van der Waals surface area contributed by atoms with E-state index in [1.165, 1.54) is 5.56 Å². The van der Waals surface area contributed by atoms with Gasteiger partial charge >= 0.3 is 6.18 Å². The monoisotopic (exact) mass is 343 g/mol. The number of hydrogen-bond acceptors (Lipinski definition) is 1. The molecule has 2 unspecified atom stereocenters. The molecule has 2 aromatic rings. The highest BCUT2D eigenvalue weighted by molar-refractivity contribution is 5.51. The lowest BCUT2D eigenvalue weighted by molar-refractivity contribution is -0.137. The summed E-state index contributed by atoms with van der Waals surface area (Å²) in [5, 5.41) is 3.48. The summed E-state index contributed by atoms with van der Waals surface area (Å²) >= 11 is 0. The molecule has 0 amide bonds. The standard InChI is InChI=1S/C21H20F3N/c1-15-6-12-18(13-7-15)25-19-5-3-4-14-20(19,2)16-8-10-17(11-9-16)21(22,23)24/h3-14,19,25H,1-2H3. The van der Waals surface area contributed by atoms with Crippen LogP contribution in [-0.2, 0) is 11.6 Å². The summed E-state index contributed by atoms with van der Waals surface area (Å²) in [7, 11) is 0. The van der Waals surface area contributed by atoms with Crippen LogP contribution >= 0.6 is 0 Å². The molecule has 1 aliphatic rings. The van der Waals surface area contributed by atoms with Crippen LogP contribution in [-0.4, -0.2) is 6.04 Å². The van der Waals surface area contributed by atoms with Crippen molar-refractivity contribution >= 4 is 5.69 Å². The number of anilines is 1. The van der Waals surface area contributed by atoms with Crippen LogP contribution in [0.1, 0.15) is 23.6 Å². The van der Waals surface area contributed by atoms with Crippen molar-refractivity contribution in [3.63, 3.8) is 0 Å². The molecule has 0 spiro atoms. The average molecular weight is 343 g/mol. The van der Waals surface area contributed by atoms with Crippen LogP contribution in [0.5, 0.6) is 0 Å². The summed E-state index contributed by atoms with van der Waals surface area (Å²) < 4.78 is 38.4. The SMILES string of the molecule is Cc1ccc(NC2C=CC=CC2(C)c2ccc(C(F)(F)F)cc2)cc1. The minimum atomic E-state index is -4.32. The van der Waals surface area contributed by atoms with E-state index >= 15 is 0 Å². The molecule has 1 aliphatic carbocycles. The van der Waals surface area contributed by atoms with Crippen LogP contribution in [0.2, 0.25) is 0 Å². The summed E-state index contributed by atoms with van der Waals surface area (Å²) in [4.78, 5) is 0. The maximum atomic E-state index is 12.8. The number of aryl methyl sites for hydroxylation is 1. The lowest BCUT2D eigenvalue weighted by Crippen LogP contribution is -2.40. The fourth-order valence-corrected chi connectivity index (χ4v) is 3.06. The van der Waals surface area contributed by atoms with Gasteiger partial charge in [-0.15, -0.1) is 0 Å². The first-order chi connectivity index (χ1) is 11.8. The minimum Gasteiger partial charge on any atom is -0.378 e. The molecule has 0 fully saturated rings. The van der Waals surface area contributed by atoms with E-state index in [9.17, 15) is 13.2 Å². The topological polar surface area (TPSA) is 12.0 Å². The molecule has 0 heterocycles. The van der Waals surface area contributed by atoms with Gasteiger partial charge in [-0.3, -0.25) is 0 Å². The number of benzene rings is 2. The van der Waals surface area contributed by atoms with Gasteiger partial charge in [0, 0.05) is 11.1 Å². The molecule has 3 rings (SSSR count). The first-order valence-corrected chi connectivity index (χ1v) is 8.16. The highest BCUT2D eigenvalue weighted by Crippen LogP contribution is 2.36. The largest absolute Gasteiger partial charge is 0.416 e. The Hall–Kier alpha value is -2.49. The maximum absolute atomic E-state index is 12.8. The minimum absolute atomic E-state index is 0.0584. The molecule has 4 heteroatoms. The van der Waals surface area contributed by atoms with E-state index < -0.39 is 17.2 Å². The van der Waals surface area contributed by atoms with Gasteiger partial charge in [-0.2, -0.15) is 13.2 Å². The van der Waals surface area contributed by atoms with E-state index in [4.69, 9.17) is 0 Å². The lowest BCUT2D eigenvalue weighted by Gasteiger charge is -2.37. The Bertz CT molecular complexity index is 785. The van der Waals surface area contributed by atoms with Crippen molar-refractivity contribution in [2.75, 3.05) is 5.32 Å². The quantitative estimate of drug-likeness (QED) is 0.734. The fraction of sp³-hybridized carbons (Fsp3) is 0.238. The molecule has 0 aromatic heterocycles. The van der Waals surface area contributed by atoms with E-state index in [0.29, 0.717) is 0 Å². The Labute approximate surface area is 145 Å². The first kappa shape index (κ1) is 17.3. The molecule has 0 aliphatic heterocycles. The summed E-state index contributed by atoms with van der Waals surface area (Å²) in [6.45, 7) is 4.06. The molecule has 25 heavy (non-hydrogen) atoms. The molecular weight excluding hydrogens is 323 g/mol. The third-order valence-corrected chi connectivity index (χ3v) is 4.71. The predicted molar refractivity (Wildman–Crippen MR) is 95.7 cm³/mol. The normalized spacial score (nSPS) is 22.8. The Balaban J connectivity index is 1.89. The molecule has 2 aromatic carbocycles. The fourth-order valence-electron chi connectivity index (χ4n) is 3.06. The zero-order valence-corrected chi connectivity index (χ0v) is 14.1. The number of hydrogen-bond donors (Lipinski definition) is 1. The summed E-state index contributed by atoms with van der Waals surface area (Å²) in [5.41, 5.74) is 1.93. The molecule has 2 atom stereocenters. The van der Waals surface area contributed by atoms with E-state index in [-0.39, 0.29) is 6.04 Å². The van der Waals surface area contributed by atoms with Gasteiger partial charge in [-0.05, 0) is 43.7 Å².